The summed E-state index contributed by atoms with van der Waals surface area (Å²) in [6.45, 7) is 0.0296. The van der Waals surface area contributed by atoms with Crippen molar-refractivity contribution in [1.29, 1.82) is 5.41 Å². The Balaban J connectivity index is 1.83. The van der Waals surface area contributed by atoms with E-state index in [1.165, 1.54) is 43.3 Å². The summed E-state index contributed by atoms with van der Waals surface area (Å²) in [6.07, 6.45) is 0. The molecule has 13 nitrogen and oxygen atoms in total. The molecular formula is C22H25N7O6. The van der Waals surface area contributed by atoms with Crippen molar-refractivity contribution in [1.82, 2.24) is 16.0 Å². The fourth-order valence-corrected chi connectivity index (χ4v) is 2.73. The van der Waals surface area contributed by atoms with Crippen LogP contribution in [-0.4, -0.2) is 59.8 Å². The zero-order chi connectivity index (χ0) is 26.0. The molecule has 0 fully saturated rings. The summed E-state index contributed by atoms with van der Waals surface area (Å²) in [7, 11) is 0. The van der Waals surface area contributed by atoms with E-state index in [0.717, 1.165) is 0 Å². The van der Waals surface area contributed by atoms with Crippen LogP contribution in [0, 0.1) is 5.41 Å². The predicted octanol–water partition coefficient (Wildman–Crippen LogP) is -0.250. The van der Waals surface area contributed by atoms with Crippen molar-refractivity contribution in [2.75, 3.05) is 23.8 Å². The van der Waals surface area contributed by atoms with Gasteiger partial charge in [-0.15, -0.1) is 0 Å². The number of carbonyl (C=O) groups is 5. The minimum absolute atomic E-state index is 0.152. The van der Waals surface area contributed by atoms with Crippen molar-refractivity contribution in [3.8, 4) is 0 Å². The molecule has 0 aliphatic rings. The lowest BCUT2D eigenvalue weighted by molar-refractivity contribution is -0.127. The van der Waals surface area contributed by atoms with Gasteiger partial charge in [-0.05, 0) is 43.3 Å². The standard InChI is InChI=1S/C22H25N7O6/c1-12(31)14-3-2-4-16(9-14)27-22(35)28-17(11-30)20(34)25-10-18(32)29-19(33)13-5-7-15(8-6-13)26-21(23)24/h2-9,17,30H,10-11H2,1H3,(H,25,34)(H4,23,24,26)(H2,27,28,35)(H,29,32,33)/t17-/m0/s1. The zero-order valence-electron chi connectivity index (χ0n) is 18.7. The molecule has 0 unspecified atom stereocenters. The Labute approximate surface area is 200 Å². The Hall–Kier alpha value is -4.78. The van der Waals surface area contributed by atoms with E-state index in [1.54, 1.807) is 12.1 Å². The van der Waals surface area contributed by atoms with Gasteiger partial charge in [0, 0.05) is 22.5 Å². The van der Waals surface area contributed by atoms with Crippen LogP contribution in [0.4, 0.5) is 16.2 Å². The molecule has 5 amide bonds. The second kappa shape index (κ2) is 12.5. The number of aliphatic hydroxyl groups excluding tert-OH is 1. The molecule has 0 radical (unpaired) electrons. The number of guanidine groups is 1. The second-order valence-corrected chi connectivity index (χ2v) is 7.18. The van der Waals surface area contributed by atoms with E-state index in [9.17, 15) is 29.1 Å². The molecule has 0 saturated carbocycles. The molecule has 1 atom stereocenters. The number of benzene rings is 2. The third-order valence-corrected chi connectivity index (χ3v) is 4.43. The fourth-order valence-electron chi connectivity index (χ4n) is 2.73. The minimum Gasteiger partial charge on any atom is -0.394 e. The van der Waals surface area contributed by atoms with Crippen molar-refractivity contribution < 1.29 is 29.1 Å². The maximum Gasteiger partial charge on any atom is 0.319 e. The molecule has 13 heteroatoms. The smallest absolute Gasteiger partial charge is 0.319 e. The Morgan fingerprint density at radius 1 is 0.971 bits per heavy atom. The highest BCUT2D eigenvalue weighted by Gasteiger charge is 2.21. The summed E-state index contributed by atoms with van der Waals surface area (Å²) in [6, 6.07) is 9.72. The number of imide groups is 1. The van der Waals surface area contributed by atoms with Crippen LogP contribution in [0.5, 0.6) is 0 Å². The van der Waals surface area contributed by atoms with E-state index in [4.69, 9.17) is 11.1 Å². The molecule has 0 spiro atoms. The van der Waals surface area contributed by atoms with E-state index in [2.05, 4.69) is 26.6 Å². The highest BCUT2D eigenvalue weighted by atomic mass is 16.3. The van der Waals surface area contributed by atoms with Gasteiger partial charge in [-0.2, -0.15) is 0 Å². The number of urea groups is 1. The van der Waals surface area contributed by atoms with Gasteiger partial charge in [0.2, 0.25) is 11.8 Å². The molecular weight excluding hydrogens is 458 g/mol. The third kappa shape index (κ3) is 8.58. The first-order valence-corrected chi connectivity index (χ1v) is 10.2. The van der Waals surface area contributed by atoms with Crippen LogP contribution in [0.2, 0.25) is 0 Å². The van der Waals surface area contributed by atoms with E-state index in [1.807, 2.05) is 0 Å². The summed E-state index contributed by atoms with van der Waals surface area (Å²) >= 11 is 0. The van der Waals surface area contributed by atoms with Gasteiger partial charge in [0.05, 0.1) is 13.2 Å². The van der Waals surface area contributed by atoms with Gasteiger partial charge in [-0.25, -0.2) is 4.79 Å². The van der Waals surface area contributed by atoms with E-state index in [0.29, 0.717) is 16.9 Å². The average Bonchev–Trinajstić information content (AvgIpc) is 2.81. The van der Waals surface area contributed by atoms with Gasteiger partial charge in [-0.3, -0.25) is 29.9 Å². The number of aliphatic hydroxyl groups is 1. The summed E-state index contributed by atoms with van der Waals surface area (Å²) < 4.78 is 0. The van der Waals surface area contributed by atoms with Crippen molar-refractivity contribution >= 4 is 46.9 Å². The highest BCUT2D eigenvalue weighted by molar-refractivity contribution is 6.06. The van der Waals surface area contributed by atoms with Crippen molar-refractivity contribution in [2.24, 2.45) is 5.73 Å². The Morgan fingerprint density at radius 2 is 1.66 bits per heavy atom. The van der Waals surface area contributed by atoms with Crippen molar-refractivity contribution in [3.63, 3.8) is 0 Å². The van der Waals surface area contributed by atoms with Gasteiger partial charge >= 0.3 is 6.03 Å². The highest BCUT2D eigenvalue weighted by Crippen LogP contribution is 2.11. The Bertz CT molecular complexity index is 1130. The normalized spacial score (nSPS) is 10.9. The number of hydrogen-bond donors (Lipinski definition) is 8. The van der Waals surface area contributed by atoms with Crippen LogP contribution < -0.4 is 32.3 Å². The van der Waals surface area contributed by atoms with Gasteiger partial charge < -0.3 is 32.1 Å². The number of amides is 5. The minimum atomic E-state index is -1.38. The molecule has 2 aromatic carbocycles. The predicted molar refractivity (Wildman–Crippen MR) is 127 cm³/mol. The molecule has 0 aliphatic heterocycles. The molecule has 9 N–H and O–H groups in total. The molecule has 0 bridgehead atoms. The van der Waals surface area contributed by atoms with Crippen LogP contribution in [0.25, 0.3) is 0 Å². The summed E-state index contributed by atoms with van der Waals surface area (Å²) in [4.78, 5) is 60.0. The van der Waals surface area contributed by atoms with Gasteiger partial charge in [-0.1, -0.05) is 12.1 Å². The van der Waals surface area contributed by atoms with E-state index < -0.39 is 42.9 Å². The summed E-state index contributed by atoms with van der Waals surface area (Å²) in [5, 5.41) is 28.1. The number of nitrogens with two attached hydrogens (primary N) is 1. The zero-order valence-corrected chi connectivity index (χ0v) is 18.7. The number of nitrogens with one attached hydrogen (secondary N) is 6. The molecule has 0 saturated heterocycles. The van der Waals surface area contributed by atoms with Crippen molar-refractivity contribution in [2.45, 2.75) is 13.0 Å². The monoisotopic (exact) mass is 483 g/mol. The number of hydrogen-bond acceptors (Lipinski definition) is 7. The number of rotatable bonds is 9. The molecule has 35 heavy (non-hydrogen) atoms. The van der Waals surface area contributed by atoms with Gasteiger partial charge in [0.25, 0.3) is 5.91 Å². The van der Waals surface area contributed by atoms with E-state index >= 15 is 0 Å². The lowest BCUT2D eigenvalue weighted by Crippen LogP contribution is -2.52. The summed E-state index contributed by atoms with van der Waals surface area (Å²) in [5.41, 5.74) is 6.52. The third-order valence-electron chi connectivity index (χ3n) is 4.43. The van der Waals surface area contributed by atoms with Crippen molar-refractivity contribution in [3.05, 3.63) is 59.7 Å². The molecule has 0 aromatic heterocycles. The first kappa shape index (κ1) is 26.5. The topological polar surface area (TPSA) is 216 Å². The molecule has 0 aliphatic carbocycles. The molecule has 184 valence electrons. The maximum atomic E-state index is 12.2. The summed E-state index contributed by atoms with van der Waals surface area (Å²) in [5.74, 6) is -2.87. The number of carbonyl (C=O) groups excluding carboxylic acids is 5. The average molecular weight is 483 g/mol. The lowest BCUT2D eigenvalue weighted by Gasteiger charge is -2.16. The molecule has 2 aromatic rings. The quantitative estimate of drug-likeness (QED) is 0.135. The lowest BCUT2D eigenvalue weighted by atomic mass is 10.1. The van der Waals surface area contributed by atoms with Crippen LogP contribution >= 0.6 is 0 Å². The maximum absolute atomic E-state index is 12.2. The van der Waals surface area contributed by atoms with Crippen LogP contribution in [0.1, 0.15) is 27.6 Å². The number of anilines is 2. The molecule has 0 heterocycles. The second-order valence-electron chi connectivity index (χ2n) is 7.18. The number of Topliss-reactive ketones (excluding diaryl/α,β-unsaturated/α-hetero) is 1. The fraction of sp³-hybridized carbons (Fsp3) is 0.182. The number of ketones is 1. The Morgan fingerprint density at radius 3 is 2.26 bits per heavy atom. The molecule has 2 rings (SSSR count). The SMILES string of the molecule is CC(=O)c1cccc(NC(=O)N[C@@H](CO)C(=O)NCC(=O)NC(=O)c2ccc(NC(=N)N)cc2)c1. The van der Waals surface area contributed by atoms with Crippen LogP contribution in [0.15, 0.2) is 48.5 Å². The van der Waals surface area contributed by atoms with Gasteiger partial charge in [0.15, 0.2) is 11.7 Å². The first-order chi connectivity index (χ1) is 16.6. The Kier molecular flexibility index (Phi) is 9.42. The van der Waals surface area contributed by atoms with Crippen LogP contribution in [0.3, 0.4) is 0 Å². The van der Waals surface area contributed by atoms with Gasteiger partial charge in [0.1, 0.15) is 6.04 Å². The first-order valence-electron chi connectivity index (χ1n) is 10.2. The largest absolute Gasteiger partial charge is 0.394 e. The van der Waals surface area contributed by atoms with Crippen LogP contribution in [-0.2, 0) is 9.59 Å². The van der Waals surface area contributed by atoms with E-state index in [-0.39, 0.29) is 17.3 Å².